The van der Waals surface area contributed by atoms with Crippen LogP contribution in [0.15, 0.2) is 0 Å². The molecule has 2 fully saturated rings. The first-order chi connectivity index (χ1) is 5.31. The van der Waals surface area contributed by atoms with Gasteiger partial charge in [0.1, 0.15) is 0 Å². The molecule has 0 aromatic rings. The topological polar surface area (TPSA) is 15.3 Å². The van der Waals surface area contributed by atoms with Crippen LogP contribution in [-0.2, 0) is 0 Å². The molecule has 2 aliphatic rings. The lowest BCUT2D eigenvalue weighted by atomic mass is 9.84. The highest BCUT2D eigenvalue weighted by Gasteiger charge is 2.36. The van der Waals surface area contributed by atoms with Gasteiger partial charge in [0, 0.05) is 19.8 Å². The molecule has 0 amide bonds. The van der Waals surface area contributed by atoms with Crippen LogP contribution in [0.5, 0.6) is 0 Å². The predicted octanol–water partition coefficient (Wildman–Crippen LogP) is 1.04. The van der Waals surface area contributed by atoms with Gasteiger partial charge in [-0.1, -0.05) is 12.8 Å². The lowest BCUT2D eigenvalue weighted by Gasteiger charge is -2.39. The van der Waals surface area contributed by atoms with Gasteiger partial charge in [0.2, 0.25) is 0 Å². The number of hydrogen-bond acceptors (Lipinski definition) is 2. The van der Waals surface area contributed by atoms with Crippen molar-refractivity contribution in [3.63, 3.8) is 0 Å². The Morgan fingerprint density at radius 3 is 2.64 bits per heavy atom. The molecule has 1 saturated carbocycles. The lowest BCUT2D eigenvalue weighted by Crippen LogP contribution is -2.51. The van der Waals surface area contributed by atoms with Crippen LogP contribution in [0, 0.1) is 5.41 Å². The summed E-state index contributed by atoms with van der Waals surface area (Å²) in [6.07, 6.45) is 5.81. The van der Waals surface area contributed by atoms with Crippen LogP contribution in [0.25, 0.3) is 0 Å². The monoisotopic (exact) mass is 154 g/mol. The summed E-state index contributed by atoms with van der Waals surface area (Å²) in [5, 5.41) is 3.49. The summed E-state index contributed by atoms with van der Waals surface area (Å²) in [4.78, 5) is 2.41. The maximum absolute atomic E-state index is 3.49. The number of rotatable bonds is 0. The van der Waals surface area contributed by atoms with E-state index < -0.39 is 0 Å². The summed E-state index contributed by atoms with van der Waals surface area (Å²) in [5.41, 5.74) is 0.660. The van der Waals surface area contributed by atoms with Crippen LogP contribution in [0.2, 0.25) is 0 Å². The summed E-state index contributed by atoms with van der Waals surface area (Å²) >= 11 is 0. The molecule has 0 unspecified atom stereocenters. The van der Waals surface area contributed by atoms with Gasteiger partial charge in [0.05, 0.1) is 0 Å². The van der Waals surface area contributed by atoms with E-state index >= 15 is 0 Å². The van der Waals surface area contributed by atoms with Gasteiger partial charge in [-0.25, -0.2) is 0 Å². The molecule has 0 aromatic carbocycles. The largest absolute Gasteiger partial charge is 0.304 e. The van der Waals surface area contributed by atoms with Crippen molar-refractivity contribution in [3.05, 3.63) is 0 Å². The van der Waals surface area contributed by atoms with Gasteiger partial charge in [-0.15, -0.1) is 0 Å². The molecule has 64 valence electrons. The maximum Gasteiger partial charge on any atom is 0.0478 e. The van der Waals surface area contributed by atoms with Crippen molar-refractivity contribution in [2.45, 2.75) is 25.7 Å². The highest BCUT2D eigenvalue weighted by molar-refractivity contribution is 4.91. The Hall–Kier alpha value is -0.0800. The minimum absolute atomic E-state index is 0.660. The highest BCUT2D eigenvalue weighted by Crippen LogP contribution is 2.39. The molecule has 2 nitrogen and oxygen atoms in total. The van der Waals surface area contributed by atoms with E-state index in [0.29, 0.717) is 5.41 Å². The molecule has 1 aliphatic heterocycles. The molecule has 1 heterocycles. The fourth-order valence-corrected chi connectivity index (χ4v) is 2.66. The lowest BCUT2D eigenvalue weighted by molar-refractivity contribution is 0.114. The standard InChI is InChI=1S/C9H18N2/c1-11-7-9(6-10-8-11)4-2-3-5-9/h10H,2-8H2,1H3. The molecular formula is C9H18N2. The fourth-order valence-electron chi connectivity index (χ4n) is 2.66. The van der Waals surface area contributed by atoms with Crippen molar-refractivity contribution < 1.29 is 0 Å². The zero-order valence-corrected chi connectivity index (χ0v) is 7.40. The first-order valence-electron chi connectivity index (χ1n) is 4.70. The summed E-state index contributed by atoms with van der Waals surface area (Å²) < 4.78 is 0. The second kappa shape index (κ2) is 2.76. The minimum atomic E-state index is 0.660. The van der Waals surface area contributed by atoms with Crippen molar-refractivity contribution >= 4 is 0 Å². The van der Waals surface area contributed by atoms with Crippen molar-refractivity contribution in [2.24, 2.45) is 5.41 Å². The van der Waals surface area contributed by atoms with Crippen molar-refractivity contribution in [1.82, 2.24) is 10.2 Å². The van der Waals surface area contributed by atoms with Gasteiger partial charge in [0.25, 0.3) is 0 Å². The Labute approximate surface area is 69.0 Å². The first kappa shape index (κ1) is 7.56. The van der Waals surface area contributed by atoms with Crippen molar-refractivity contribution in [3.8, 4) is 0 Å². The molecule has 0 aromatic heterocycles. The quantitative estimate of drug-likeness (QED) is 0.561. The third-order valence-corrected chi connectivity index (χ3v) is 3.15. The number of nitrogens with one attached hydrogen (secondary N) is 1. The Bertz CT molecular complexity index is 138. The summed E-state index contributed by atoms with van der Waals surface area (Å²) in [7, 11) is 2.21. The second-order valence-corrected chi connectivity index (χ2v) is 4.31. The third-order valence-electron chi connectivity index (χ3n) is 3.15. The summed E-state index contributed by atoms with van der Waals surface area (Å²) in [6, 6.07) is 0. The molecule has 11 heavy (non-hydrogen) atoms. The Morgan fingerprint density at radius 1 is 1.27 bits per heavy atom. The molecule has 2 rings (SSSR count). The molecule has 1 aliphatic carbocycles. The van der Waals surface area contributed by atoms with E-state index in [1.54, 1.807) is 0 Å². The first-order valence-corrected chi connectivity index (χ1v) is 4.70. The predicted molar refractivity (Wildman–Crippen MR) is 46.4 cm³/mol. The molecule has 2 heteroatoms. The highest BCUT2D eigenvalue weighted by atomic mass is 15.2. The van der Waals surface area contributed by atoms with Gasteiger partial charge in [0.15, 0.2) is 0 Å². The SMILES string of the molecule is CN1CNCC2(CCCC2)C1. The van der Waals surface area contributed by atoms with E-state index in [0.717, 1.165) is 6.67 Å². The molecule has 0 radical (unpaired) electrons. The zero-order chi connectivity index (χ0) is 7.73. The molecule has 0 bridgehead atoms. The Kier molecular flexibility index (Phi) is 1.90. The second-order valence-electron chi connectivity index (χ2n) is 4.31. The van der Waals surface area contributed by atoms with Crippen LogP contribution in [-0.4, -0.2) is 31.7 Å². The van der Waals surface area contributed by atoms with Crippen LogP contribution in [0.1, 0.15) is 25.7 Å². The molecule has 0 atom stereocenters. The Balaban J connectivity index is 2.00. The van der Waals surface area contributed by atoms with E-state index in [1.165, 1.54) is 38.8 Å². The Morgan fingerprint density at radius 2 is 2.00 bits per heavy atom. The van der Waals surface area contributed by atoms with Gasteiger partial charge in [-0.05, 0) is 25.3 Å². The smallest absolute Gasteiger partial charge is 0.0478 e. The summed E-state index contributed by atoms with van der Waals surface area (Å²) in [5.74, 6) is 0. The van der Waals surface area contributed by atoms with Crippen LogP contribution in [0.4, 0.5) is 0 Å². The van der Waals surface area contributed by atoms with Gasteiger partial charge >= 0.3 is 0 Å². The average Bonchev–Trinajstić information content (AvgIpc) is 2.37. The van der Waals surface area contributed by atoms with Crippen molar-refractivity contribution in [2.75, 3.05) is 26.8 Å². The number of hydrogen-bond donors (Lipinski definition) is 1. The molecule has 1 N–H and O–H groups in total. The average molecular weight is 154 g/mol. The molecule has 1 spiro atoms. The normalized spacial score (nSPS) is 31.4. The van der Waals surface area contributed by atoms with Crippen LogP contribution < -0.4 is 5.32 Å². The van der Waals surface area contributed by atoms with Crippen LogP contribution >= 0.6 is 0 Å². The fraction of sp³-hybridized carbons (Fsp3) is 1.00. The number of nitrogens with zero attached hydrogens (tertiary/aromatic N) is 1. The van der Waals surface area contributed by atoms with Crippen molar-refractivity contribution in [1.29, 1.82) is 0 Å². The van der Waals surface area contributed by atoms with E-state index in [9.17, 15) is 0 Å². The molecular weight excluding hydrogens is 136 g/mol. The van der Waals surface area contributed by atoms with E-state index in [2.05, 4.69) is 17.3 Å². The van der Waals surface area contributed by atoms with E-state index in [1.807, 2.05) is 0 Å². The zero-order valence-electron chi connectivity index (χ0n) is 7.40. The van der Waals surface area contributed by atoms with Gasteiger partial charge in [-0.2, -0.15) is 0 Å². The van der Waals surface area contributed by atoms with Gasteiger partial charge < -0.3 is 5.32 Å². The summed E-state index contributed by atoms with van der Waals surface area (Å²) in [6.45, 7) is 3.67. The van der Waals surface area contributed by atoms with Gasteiger partial charge in [-0.3, -0.25) is 4.90 Å². The van der Waals surface area contributed by atoms with Crippen LogP contribution in [0.3, 0.4) is 0 Å². The third kappa shape index (κ3) is 1.42. The minimum Gasteiger partial charge on any atom is -0.304 e. The maximum atomic E-state index is 3.49. The van der Waals surface area contributed by atoms with E-state index in [-0.39, 0.29) is 0 Å². The van der Waals surface area contributed by atoms with E-state index in [4.69, 9.17) is 0 Å². The molecule has 1 saturated heterocycles.